The minimum Gasteiger partial charge on any atom is -0.309 e. The molecule has 0 bridgehead atoms. The van der Waals surface area contributed by atoms with Crippen molar-refractivity contribution < 1.29 is 0 Å². The number of aryl methyl sites for hydroxylation is 2. The molecule has 1 N–H and O–H groups in total. The van der Waals surface area contributed by atoms with Crippen molar-refractivity contribution in [3.05, 3.63) is 21.4 Å². The molecule has 1 atom stereocenters. The van der Waals surface area contributed by atoms with Crippen LogP contribution in [0.25, 0.3) is 0 Å². The van der Waals surface area contributed by atoms with E-state index in [2.05, 4.69) is 29.6 Å². The van der Waals surface area contributed by atoms with Crippen LogP contribution in [-0.2, 0) is 12.8 Å². The van der Waals surface area contributed by atoms with E-state index in [0.29, 0.717) is 6.04 Å². The van der Waals surface area contributed by atoms with Gasteiger partial charge in [-0.15, -0.1) is 11.3 Å². The maximum absolute atomic E-state index is 3.75. The highest BCUT2D eigenvalue weighted by molar-refractivity contribution is 7.12. The van der Waals surface area contributed by atoms with Crippen LogP contribution >= 0.6 is 11.3 Å². The molecule has 0 saturated heterocycles. The number of nitrogens with one attached hydrogen (secondary N) is 1. The Hall–Kier alpha value is -0.340. The van der Waals surface area contributed by atoms with E-state index in [0.717, 1.165) is 5.92 Å². The van der Waals surface area contributed by atoms with Crippen LogP contribution in [0.15, 0.2) is 6.07 Å². The molecule has 2 aliphatic rings. The SMILES string of the molecule is CCCNC(c1cc2c(s1)CCC2)C1CC1. The van der Waals surface area contributed by atoms with Gasteiger partial charge in [-0.1, -0.05) is 6.92 Å². The number of fused-ring (bicyclic) bond motifs is 1. The zero-order valence-corrected chi connectivity index (χ0v) is 10.9. The molecule has 1 aromatic rings. The summed E-state index contributed by atoms with van der Waals surface area (Å²) in [6, 6.07) is 3.18. The van der Waals surface area contributed by atoms with Crippen LogP contribution in [-0.4, -0.2) is 6.54 Å². The highest BCUT2D eigenvalue weighted by Crippen LogP contribution is 2.44. The second kappa shape index (κ2) is 4.50. The smallest absolute Gasteiger partial charge is 0.0443 e. The second-order valence-electron chi connectivity index (χ2n) is 5.22. The summed E-state index contributed by atoms with van der Waals surface area (Å²) in [5.41, 5.74) is 1.66. The van der Waals surface area contributed by atoms with Gasteiger partial charge < -0.3 is 5.32 Å². The van der Waals surface area contributed by atoms with E-state index in [-0.39, 0.29) is 0 Å². The molecule has 0 spiro atoms. The summed E-state index contributed by atoms with van der Waals surface area (Å²) in [4.78, 5) is 3.31. The van der Waals surface area contributed by atoms with Gasteiger partial charge in [-0.2, -0.15) is 0 Å². The molecule has 0 aliphatic heterocycles. The first-order chi connectivity index (χ1) is 7.88. The molecule has 3 rings (SSSR count). The van der Waals surface area contributed by atoms with Crippen molar-refractivity contribution in [1.29, 1.82) is 0 Å². The van der Waals surface area contributed by atoms with Crippen LogP contribution in [0.2, 0.25) is 0 Å². The minimum atomic E-state index is 0.676. The van der Waals surface area contributed by atoms with Gasteiger partial charge in [-0.25, -0.2) is 0 Å². The lowest BCUT2D eigenvalue weighted by Crippen LogP contribution is -2.22. The van der Waals surface area contributed by atoms with Gasteiger partial charge in [-0.3, -0.25) is 0 Å². The molecule has 1 fully saturated rings. The minimum absolute atomic E-state index is 0.676. The number of hydrogen-bond donors (Lipinski definition) is 1. The Labute approximate surface area is 102 Å². The second-order valence-corrected chi connectivity index (χ2v) is 6.39. The molecule has 0 radical (unpaired) electrons. The van der Waals surface area contributed by atoms with E-state index >= 15 is 0 Å². The number of thiophene rings is 1. The number of rotatable bonds is 5. The van der Waals surface area contributed by atoms with Crippen molar-refractivity contribution in [3.8, 4) is 0 Å². The molecule has 1 unspecified atom stereocenters. The first kappa shape index (κ1) is 10.8. The lowest BCUT2D eigenvalue weighted by Gasteiger charge is -2.16. The van der Waals surface area contributed by atoms with E-state index in [1.54, 1.807) is 15.3 Å². The van der Waals surface area contributed by atoms with Crippen LogP contribution in [0.4, 0.5) is 0 Å². The largest absolute Gasteiger partial charge is 0.309 e. The molecule has 0 amide bonds. The predicted octanol–water partition coefficient (Wildman–Crippen LogP) is 3.69. The zero-order valence-electron chi connectivity index (χ0n) is 10.1. The third kappa shape index (κ3) is 2.05. The lowest BCUT2D eigenvalue weighted by atomic mass is 10.1. The lowest BCUT2D eigenvalue weighted by molar-refractivity contribution is 0.488. The summed E-state index contributed by atoms with van der Waals surface area (Å²) < 4.78 is 0. The summed E-state index contributed by atoms with van der Waals surface area (Å²) >= 11 is 2.09. The van der Waals surface area contributed by atoms with Crippen LogP contribution in [0.3, 0.4) is 0 Å². The van der Waals surface area contributed by atoms with Gasteiger partial charge in [0.1, 0.15) is 0 Å². The van der Waals surface area contributed by atoms with Crippen molar-refractivity contribution >= 4 is 11.3 Å². The quantitative estimate of drug-likeness (QED) is 0.821. The Balaban J connectivity index is 1.76. The van der Waals surface area contributed by atoms with Crippen LogP contribution in [0.5, 0.6) is 0 Å². The molecule has 2 heteroatoms. The van der Waals surface area contributed by atoms with E-state index < -0.39 is 0 Å². The van der Waals surface area contributed by atoms with Gasteiger partial charge in [-0.05, 0) is 62.6 Å². The highest BCUT2D eigenvalue weighted by atomic mass is 32.1. The molecular weight excluding hydrogens is 214 g/mol. The Bertz CT molecular complexity index is 343. The van der Waals surface area contributed by atoms with E-state index in [4.69, 9.17) is 0 Å². The van der Waals surface area contributed by atoms with Gasteiger partial charge in [0.15, 0.2) is 0 Å². The Morgan fingerprint density at radius 2 is 2.31 bits per heavy atom. The van der Waals surface area contributed by atoms with E-state index in [1.165, 1.54) is 45.1 Å². The topological polar surface area (TPSA) is 12.0 Å². The van der Waals surface area contributed by atoms with Crippen molar-refractivity contribution in [3.63, 3.8) is 0 Å². The fraction of sp³-hybridized carbons (Fsp3) is 0.714. The van der Waals surface area contributed by atoms with Gasteiger partial charge >= 0.3 is 0 Å². The molecular formula is C14H21NS. The average Bonchev–Trinajstić information content (AvgIpc) is 2.87. The molecule has 0 aromatic carbocycles. The fourth-order valence-electron chi connectivity index (χ4n) is 2.73. The van der Waals surface area contributed by atoms with Crippen LogP contribution in [0, 0.1) is 5.92 Å². The summed E-state index contributed by atoms with van der Waals surface area (Å²) in [7, 11) is 0. The van der Waals surface area contributed by atoms with Crippen molar-refractivity contribution in [2.45, 2.75) is 51.5 Å². The van der Waals surface area contributed by atoms with Gasteiger partial charge in [0, 0.05) is 15.8 Å². The first-order valence-corrected chi connectivity index (χ1v) is 7.55. The van der Waals surface area contributed by atoms with Gasteiger partial charge in [0.25, 0.3) is 0 Å². The summed E-state index contributed by atoms with van der Waals surface area (Å²) in [6.45, 7) is 3.43. The summed E-state index contributed by atoms with van der Waals surface area (Å²) in [5.74, 6) is 0.935. The fourth-order valence-corrected chi connectivity index (χ4v) is 4.16. The standard InChI is InChI=1S/C14H21NS/c1-2-8-15-14(10-6-7-10)13-9-11-4-3-5-12(11)16-13/h9-10,14-15H,2-8H2,1H3. The summed E-state index contributed by atoms with van der Waals surface area (Å²) in [6.07, 6.45) is 8.17. The van der Waals surface area contributed by atoms with E-state index in [9.17, 15) is 0 Å². The van der Waals surface area contributed by atoms with Gasteiger partial charge in [0.05, 0.1) is 0 Å². The maximum atomic E-state index is 3.75. The van der Waals surface area contributed by atoms with Crippen LogP contribution in [0.1, 0.15) is 54.0 Å². The predicted molar refractivity (Wildman–Crippen MR) is 70.1 cm³/mol. The molecule has 1 aromatic heterocycles. The zero-order chi connectivity index (χ0) is 11.0. The third-order valence-corrected chi connectivity index (χ3v) is 5.10. The van der Waals surface area contributed by atoms with Crippen molar-refractivity contribution in [1.82, 2.24) is 5.32 Å². The van der Waals surface area contributed by atoms with E-state index in [1.807, 2.05) is 0 Å². The maximum Gasteiger partial charge on any atom is 0.0443 e. The molecule has 1 nitrogen and oxygen atoms in total. The van der Waals surface area contributed by atoms with Crippen molar-refractivity contribution in [2.24, 2.45) is 5.92 Å². The molecule has 88 valence electrons. The molecule has 16 heavy (non-hydrogen) atoms. The summed E-state index contributed by atoms with van der Waals surface area (Å²) in [5, 5.41) is 3.75. The molecule has 1 saturated carbocycles. The number of hydrogen-bond acceptors (Lipinski definition) is 2. The van der Waals surface area contributed by atoms with Crippen LogP contribution < -0.4 is 5.32 Å². The Kier molecular flexibility index (Phi) is 3.03. The highest BCUT2D eigenvalue weighted by Gasteiger charge is 2.33. The Morgan fingerprint density at radius 1 is 1.44 bits per heavy atom. The van der Waals surface area contributed by atoms with Crippen molar-refractivity contribution in [2.75, 3.05) is 6.54 Å². The normalized spacial score (nSPS) is 21.1. The average molecular weight is 235 g/mol. The Morgan fingerprint density at radius 3 is 3.00 bits per heavy atom. The third-order valence-electron chi connectivity index (χ3n) is 3.78. The molecule has 1 heterocycles. The first-order valence-electron chi connectivity index (χ1n) is 6.73. The molecule has 2 aliphatic carbocycles. The van der Waals surface area contributed by atoms with Gasteiger partial charge in [0.2, 0.25) is 0 Å². The monoisotopic (exact) mass is 235 g/mol.